The normalized spacial score (nSPS) is 11.9. The number of para-hydroxylation sites is 2. The molecule has 252 valence electrons. The summed E-state index contributed by atoms with van der Waals surface area (Å²) in [4.78, 5) is 39.9. The van der Waals surface area contributed by atoms with E-state index in [0.29, 0.717) is 23.4 Å². The number of benzene rings is 4. The zero-order chi connectivity index (χ0) is 34.7. The van der Waals surface area contributed by atoms with Crippen molar-refractivity contribution in [3.63, 3.8) is 0 Å². The first-order valence-corrected chi connectivity index (χ1v) is 17.3. The molecule has 0 saturated carbocycles. The quantitative estimate of drug-likeness (QED) is 0.150. The maximum absolute atomic E-state index is 13.5. The monoisotopic (exact) mass is 692 g/mol. The molecule has 3 heterocycles. The third-order valence-corrected chi connectivity index (χ3v) is 9.81. The van der Waals surface area contributed by atoms with Crippen LogP contribution in [0.15, 0.2) is 121 Å². The molecule has 0 radical (unpaired) electrons. The predicted octanol–water partition coefficient (Wildman–Crippen LogP) is 7.90. The zero-order valence-corrected chi connectivity index (χ0v) is 28.4. The number of pyridine rings is 1. The number of carbonyl (C=O) groups excluding carboxylic acids is 2. The summed E-state index contributed by atoms with van der Waals surface area (Å²) in [6.45, 7) is 0.980. The van der Waals surface area contributed by atoms with Gasteiger partial charge in [0.05, 0.1) is 24.7 Å². The highest BCUT2D eigenvalue weighted by Gasteiger charge is 2.29. The summed E-state index contributed by atoms with van der Waals surface area (Å²) < 4.78 is 12.8. The molecule has 7 aromatic rings. The molecule has 0 bridgehead atoms. The van der Waals surface area contributed by atoms with Crippen molar-refractivity contribution in [2.24, 2.45) is 0 Å². The van der Waals surface area contributed by atoms with Crippen LogP contribution >= 0.6 is 11.3 Å². The lowest BCUT2D eigenvalue weighted by atomic mass is 9.98. The molecular weight excluding hydrogens is 661 g/mol. The Balaban J connectivity index is 0.913. The zero-order valence-electron chi connectivity index (χ0n) is 27.6. The third kappa shape index (κ3) is 6.54. The van der Waals surface area contributed by atoms with Crippen LogP contribution in [0.3, 0.4) is 0 Å². The molecule has 51 heavy (non-hydrogen) atoms. The topological polar surface area (TPSA) is 120 Å². The van der Waals surface area contributed by atoms with Gasteiger partial charge in [0.1, 0.15) is 17.3 Å². The van der Waals surface area contributed by atoms with Crippen LogP contribution in [0.25, 0.3) is 32.7 Å². The molecule has 3 aromatic heterocycles. The summed E-state index contributed by atoms with van der Waals surface area (Å²) in [6, 6.07) is 35.7. The fourth-order valence-corrected chi connectivity index (χ4v) is 7.25. The molecule has 0 fully saturated rings. The minimum Gasteiger partial charge on any atom is -0.481 e. The number of nitrogens with zero attached hydrogens (tertiary/aromatic N) is 4. The average Bonchev–Trinajstić information content (AvgIpc) is 3.89. The number of hydrogen-bond acceptors (Lipinski definition) is 8. The second-order valence-electron chi connectivity index (χ2n) is 12.1. The minimum atomic E-state index is -0.482. The standard InChI is InChI=1S/C40H32N6O4S/c1-49-36-18-17-26(21-41-36)22-46-35-16-7-6-15-33(35)44-39(46)45-37(47)34-24-51-38(43-34)27-10-8-9-25(19-27)20-42-40(48)50-23-32-30-13-4-2-11-28(30)29-12-3-5-14-31(29)32/h2-19,21,24,32H,20,22-23H2,1H3,(H,42,48)(H,44,45,47). The van der Waals surface area contributed by atoms with Crippen molar-refractivity contribution in [2.45, 2.75) is 19.0 Å². The first-order chi connectivity index (χ1) is 25.0. The smallest absolute Gasteiger partial charge is 0.407 e. The molecule has 1 aliphatic rings. The van der Waals surface area contributed by atoms with Crippen molar-refractivity contribution in [1.82, 2.24) is 24.8 Å². The minimum absolute atomic E-state index is 0.00676. The molecule has 10 nitrogen and oxygen atoms in total. The summed E-state index contributed by atoms with van der Waals surface area (Å²) in [6.07, 6.45) is 1.26. The van der Waals surface area contributed by atoms with Gasteiger partial charge in [-0.2, -0.15) is 0 Å². The molecule has 4 aromatic carbocycles. The lowest BCUT2D eigenvalue weighted by molar-refractivity contribution is 0.102. The first kappa shape index (κ1) is 31.9. The molecule has 1 aliphatic carbocycles. The van der Waals surface area contributed by atoms with Crippen LogP contribution in [0.5, 0.6) is 5.88 Å². The van der Waals surface area contributed by atoms with Gasteiger partial charge in [-0.05, 0) is 51.6 Å². The highest BCUT2D eigenvalue weighted by Crippen LogP contribution is 2.44. The van der Waals surface area contributed by atoms with Crippen molar-refractivity contribution in [3.8, 4) is 27.6 Å². The molecule has 8 rings (SSSR count). The Labute approximate surface area is 297 Å². The molecular formula is C40H32N6O4S. The molecule has 2 N–H and O–H groups in total. The van der Waals surface area contributed by atoms with E-state index in [2.05, 4.69) is 44.9 Å². The van der Waals surface area contributed by atoms with E-state index in [0.717, 1.165) is 27.7 Å². The number of hydrogen-bond donors (Lipinski definition) is 2. The van der Waals surface area contributed by atoms with Crippen molar-refractivity contribution in [3.05, 3.63) is 149 Å². The largest absolute Gasteiger partial charge is 0.481 e. The second-order valence-corrected chi connectivity index (χ2v) is 12.9. The molecule has 11 heteroatoms. The number of anilines is 1. The van der Waals surface area contributed by atoms with E-state index in [-0.39, 0.29) is 30.7 Å². The van der Waals surface area contributed by atoms with Crippen LogP contribution in [0, 0.1) is 0 Å². The summed E-state index contributed by atoms with van der Waals surface area (Å²) in [5.41, 5.74) is 9.27. The number of amides is 2. The Morgan fingerprint density at radius 3 is 2.37 bits per heavy atom. The van der Waals surface area contributed by atoms with Crippen LogP contribution in [0.1, 0.15) is 38.7 Å². The molecule has 0 aliphatic heterocycles. The number of thiazole rings is 1. The number of imidazole rings is 1. The summed E-state index contributed by atoms with van der Waals surface area (Å²) in [5, 5.41) is 8.25. The van der Waals surface area contributed by atoms with Gasteiger partial charge in [-0.15, -0.1) is 11.3 Å². The number of aromatic nitrogens is 4. The van der Waals surface area contributed by atoms with Crippen molar-refractivity contribution in [1.29, 1.82) is 0 Å². The highest BCUT2D eigenvalue weighted by molar-refractivity contribution is 7.13. The molecule has 0 unspecified atom stereocenters. The number of fused-ring (bicyclic) bond motifs is 4. The molecule has 2 amide bonds. The van der Waals surface area contributed by atoms with Gasteiger partial charge >= 0.3 is 6.09 Å². The van der Waals surface area contributed by atoms with Gasteiger partial charge in [0.2, 0.25) is 11.8 Å². The van der Waals surface area contributed by atoms with Crippen LogP contribution in [-0.4, -0.2) is 45.2 Å². The van der Waals surface area contributed by atoms with E-state index >= 15 is 0 Å². The Kier molecular flexibility index (Phi) is 8.69. The molecule has 0 atom stereocenters. The SMILES string of the molecule is COc1ccc(Cn2c(NC(=O)c3csc(-c4cccc(CNC(=O)OCC5c6ccccc6-c6ccccc65)c4)n3)nc3ccccc32)cn1. The van der Waals surface area contributed by atoms with Crippen molar-refractivity contribution < 1.29 is 19.1 Å². The van der Waals surface area contributed by atoms with Gasteiger partial charge in [0.25, 0.3) is 5.91 Å². The number of carbonyl (C=O) groups is 2. The maximum Gasteiger partial charge on any atom is 0.407 e. The number of alkyl carbamates (subject to hydrolysis) is 1. The van der Waals surface area contributed by atoms with Crippen LogP contribution in [0.4, 0.5) is 10.7 Å². The van der Waals surface area contributed by atoms with E-state index in [4.69, 9.17) is 14.5 Å². The van der Waals surface area contributed by atoms with E-state index < -0.39 is 6.09 Å². The predicted molar refractivity (Wildman–Crippen MR) is 197 cm³/mol. The Morgan fingerprint density at radius 2 is 1.61 bits per heavy atom. The number of nitrogens with one attached hydrogen (secondary N) is 2. The molecule has 0 spiro atoms. The van der Waals surface area contributed by atoms with Gasteiger partial charge in [-0.25, -0.2) is 19.7 Å². The maximum atomic E-state index is 13.5. The number of ether oxygens (including phenoxy) is 2. The summed E-state index contributed by atoms with van der Waals surface area (Å²) in [5.74, 6) is 0.565. The highest BCUT2D eigenvalue weighted by atomic mass is 32.1. The van der Waals surface area contributed by atoms with Crippen LogP contribution in [-0.2, 0) is 17.8 Å². The van der Waals surface area contributed by atoms with Crippen LogP contribution in [0.2, 0.25) is 0 Å². The van der Waals surface area contributed by atoms with Crippen molar-refractivity contribution in [2.75, 3.05) is 19.0 Å². The number of methoxy groups -OCH3 is 1. The average molecular weight is 693 g/mol. The summed E-state index contributed by atoms with van der Waals surface area (Å²) in [7, 11) is 1.58. The van der Waals surface area contributed by atoms with E-state index in [1.54, 1.807) is 24.8 Å². The second kappa shape index (κ2) is 13.9. The Morgan fingerprint density at radius 1 is 0.843 bits per heavy atom. The summed E-state index contributed by atoms with van der Waals surface area (Å²) >= 11 is 1.37. The van der Waals surface area contributed by atoms with E-state index in [9.17, 15) is 9.59 Å². The van der Waals surface area contributed by atoms with Gasteiger partial charge in [0.15, 0.2) is 0 Å². The van der Waals surface area contributed by atoms with E-state index in [1.807, 2.05) is 83.4 Å². The lowest BCUT2D eigenvalue weighted by Crippen LogP contribution is -2.25. The van der Waals surface area contributed by atoms with Gasteiger partial charge in [-0.1, -0.05) is 84.9 Å². The Bertz CT molecular complexity index is 2340. The van der Waals surface area contributed by atoms with Gasteiger partial charge in [0, 0.05) is 35.7 Å². The van der Waals surface area contributed by atoms with Crippen molar-refractivity contribution >= 4 is 40.3 Å². The lowest BCUT2D eigenvalue weighted by Gasteiger charge is -2.14. The number of rotatable bonds is 10. The molecule has 0 saturated heterocycles. The van der Waals surface area contributed by atoms with E-state index in [1.165, 1.54) is 33.6 Å². The van der Waals surface area contributed by atoms with Crippen LogP contribution < -0.4 is 15.4 Å². The third-order valence-electron chi connectivity index (χ3n) is 8.92. The van der Waals surface area contributed by atoms with Gasteiger partial charge in [-0.3, -0.25) is 10.1 Å². The fraction of sp³-hybridized carbons (Fsp3) is 0.125. The van der Waals surface area contributed by atoms with Gasteiger partial charge < -0.3 is 19.4 Å². The Hall–Kier alpha value is -6.33. The first-order valence-electron chi connectivity index (χ1n) is 16.4. The fourth-order valence-electron chi connectivity index (χ4n) is 6.45.